The molecule has 0 aliphatic rings. The monoisotopic (exact) mass is 624 g/mol. The molecule has 0 aliphatic heterocycles. The Morgan fingerprint density at radius 2 is 1.07 bits per heavy atom. The van der Waals surface area contributed by atoms with Gasteiger partial charge in [0, 0.05) is 6.42 Å². The predicted molar refractivity (Wildman–Crippen MR) is 186 cm³/mol. The molecule has 0 amide bonds. The van der Waals surface area contributed by atoms with Crippen molar-refractivity contribution >= 4 is 5.97 Å². The third-order valence-corrected chi connectivity index (χ3v) is 9.03. The van der Waals surface area contributed by atoms with Gasteiger partial charge in [-0.3, -0.25) is 4.79 Å². The number of aliphatic hydroxyl groups is 1. The molecule has 5 heteroatoms. The number of carboxylic acid groups (broad SMARTS) is 1. The molecule has 0 aromatic heterocycles. The summed E-state index contributed by atoms with van der Waals surface area (Å²) in [6, 6.07) is 20.8. The summed E-state index contributed by atoms with van der Waals surface area (Å²) in [5.74, 6) is -0.500. The molecular formula is C40H64O5. The summed E-state index contributed by atoms with van der Waals surface area (Å²) in [5.41, 5.74) is 2.39. The Kier molecular flexibility index (Phi) is 22.4. The number of benzene rings is 2. The van der Waals surface area contributed by atoms with E-state index in [1.54, 1.807) is 0 Å². The predicted octanol–water partition coefficient (Wildman–Crippen LogP) is 10.7. The minimum Gasteiger partial charge on any atom is -0.481 e. The topological polar surface area (TPSA) is 76.0 Å². The maximum absolute atomic E-state index is 11.7. The fourth-order valence-corrected chi connectivity index (χ4v) is 6.21. The van der Waals surface area contributed by atoms with Crippen LogP contribution < -0.4 is 0 Å². The normalized spacial score (nSPS) is 14.2. The Bertz CT molecular complexity index is 950. The molecule has 0 bridgehead atoms. The lowest BCUT2D eigenvalue weighted by Gasteiger charge is -2.28. The van der Waals surface area contributed by atoms with E-state index in [2.05, 4.69) is 62.4 Å². The average Bonchev–Trinajstić information content (AvgIpc) is 3.05. The van der Waals surface area contributed by atoms with E-state index < -0.39 is 12.1 Å². The molecule has 0 saturated carbocycles. The molecular weight excluding hydrogens is 560 g/mol. The Hall–Kier alpha value is -2.21. The van der Waals surface area contributed by atoms with Crippen molar-refractivity contribution in [2.75, 3.05) is 0 Å². The lowest BCUT2D eigenvalue weighted by molar-refractivity contribution is -0.137. The van der Waals surface area contributed by atoms with Gasteiger partial charge in [0.05, 0.1) is 31.5 Å². The van der Waals surface area contributed by atoms with E-state index in [0.717, 1.165) is 70.6 Å². The van der Waals surface area contributed by atoms with E-state index in [4.69, 9.17) is 14.6 Å². The third-order valence-electron chi connectivity index (χ3n) is 9.03. The fourth-order valence-electron chi connectivity index (χ4n) is 6.21. The van der Waals surface area contributed by atoms with Crippen LogP contribution in [-0.4, -0.2) is 34.5 Å². The fraction of sp³-hybridized carbons (Fsp3) is 0.675. The van der Waals surface area contributed by atoms with Gasteiger partial charge in [-0.25, -0.2) is 0 Å². The first-order valence-electron chi connectivity index (χ1n) is 18.2. The van der Waals surface area contributed by atoms with Crippen molar-refractivity contribution in [3.05, 3.63) is 71.8 Å². The smallest absolute Gasteiger partial charge is 0.303 e. The zero-order chi connectivity index (χ0) is 32.4. The SMILES string of the molecule is CCCCCCC(CC(O)C(CCCCCCC(=O)O)CCCC(CCCCC)OCc1ccccc1)OCc1ccccc1. The van der Waals surface area contributed by atoms with Crippen molar-refractivity contribution in [3.8, 4) is 0 Å². The number of hydrogen-bond donors (Lipinski definition) is 2. The van der Waals surface area contributed by atoms with Gasteiger partial charge in [-0.2, -0.15) is 0 Å². The van der Waals surface area contributed by atoms with Crippen LogP contribution in [0.3, 0.4) is 0 Å². The van der Waals surface area contributed by atoms with Gasteiger partial charge in [0.2, 0.25) is 0 Å². The molecule has 0 radical (unpaired) electrons. The van der Waals surface area contributed by atoms with Crippen LogP contribution in [-0.2, 0) is 27.5 Å². The summed E-state index contributed by atoms with van der Waals surface area (Å²) >= 11 is 0. The third kappa shape index (κ3) is 19.8. The van der Waals surface area contributed by atoms with Crippen LogP contribution in [0, 0.1) is 5.92 Å². The van der Waals surface area contributed by atoms with E-state index >= 15 is 0 Å². The second-order valence-electron chi connectivity index (χ2n) is 13.0. The highest BCUT2D eigenvalue weighted by atomic mass is 16.5. The van der Waals surface area contributed by atoms with Gasteiger partial charge in [0.25, 0.3) is 0 Å². The molecule has 0 heterocycles. The molecule has 2 aromatic carbocycles. The first-order chi connectivity index (χ1) is 22.0. The number of hydrogen-bond acceptors (Lipinski definition) is 4. The zero-order valence-electron chi connectivity index (χ0n) is 28.6. The van der Waals surface area contributed by atoms with E-state index in [0.29, 0.717) is 19.6 Å². The summed E-state index contributed by atoms with van der Waals surface area (Å²) < 4.78 is 12.9. The Labute approximate surface area is 275 Å². The van der Waals surface area contributed by atoms with Crippen LogP contribution in [0.4, 0.5) is 0 Å². The molecule has 4 unspecified atom stereocenters. The van der Waals surface area contributed by atoms with Gasteiger partial charge < -0.3 is 19.7 Å². The minimum absolute atomic E-state index is 0.0473. The van der Waals surface area contributed by atoms with Crippen molar-refractivity contribution in [2.45, 2.75) is 167 Å². The van der Waals surface area contributed by atoms with Crippen molar-refractivity contribution in [1.29, 1.82) is 0 Å². The molecule has 2 rings (SSSR count). The van der Waals surface area contributed by atoms with Crippen LogP contribution in [0.25, 0.3) is 0 Å². The Morgan fingerprint density at radius 3 is 1.69 bits per heavy atom. The second-order valence-corrected chi connectivity index (χ2v) is 13.0. The van der Waals surface area contributed by atoms with Gasteiger partial charge in [-0.1, -0.05) is 145 Å². The van der Waals surface area contributed by atoms with Crippen LogP contribution in [0.15, 0.2) is 60.7 Å². The van der Waals surface area contributed by atoms with E-state index in [1.807, 2.05) is 12.1 Å². The van der Waals surface area contributed by atoms with Crippen molar-refractivity contribution in [1.82, 2.24) is 0 Å². The number of unbranched alkanes of at least 4 members (excludes halogenated alkanes) is 8. The number of carbonyl (C=O) groups is 1. The van der Waals surface area contributed by atoms with Crippen LogP contribution >= 0.6 is 0 Å². The molecule has 0 saturated heterocycles. The van der Waals surface area contributed by atoms with Crippen LogP contribution in [0.5, 0.6) is 0 Å². The zero-order valence-corrected chi connectivity index (χ0v) is 28.6. The second kappa shape index (κ2) is 25.9. The minimum atomic E-state index is -0.716. The highest BCUT2D eigenvalue weighted by molar-refractivity contribution is 5.66. The number of carboxylic acids is 1. The Balaban J connectivity index is 1.99. The molecule has 45 heavy (non-hydrogen) atoms. The van der Waals surface area contributed by atoms with Gasteiger partial charge in [-0.05, 0) is 62.0 Å². The van der Waals surface area contributed by atoms with E-state index in [9.17, 15) is 9.90 Å². The summed E-state index contributed by atoms with van der Waals surface area (Å²) in [5, 5.41) is 20.6. The molecule has 5 nitrogen and oxygen atoms in total. The highest BCUT2D eigenvalue weighted by Gasteiger charge is 2.24. The lowest BCUT2D eigenvalue weighted by Crippen LogP contribution is -2.28. The van der Waals surface area contributed by atoms with Gasteiger partial charge >= 0.3 is 5.97 Å². The van der Waals surface area contributed by atoms with Crippen LogP contribution in [0.1, 0.15) is 147 Å². The average molecular weight is 625 g/mol. The molecule has 0 aliphatic carbocycles. The molecule has 0 spiro atoms. The molecule has 2 N–H and O–H groups in total. The van der Waals surface area contributed by atoms with Gasteiger partial charge in [-0.15, -0.1) is 0 Å². The summed E-state index contributed by atoms with van der Waals surface area (Å²) in [4.78, 5) is 10.9. The van der Waals surface area contributed by atoms with Crippen molar-refractivity contribution < 1.29 is 24.5 Å². The first kappa shape index (κ1) is 39.0. The maximum atomic E-state index is 11.7. The standard InChI is InChI=1S/C40H64O5/c1-3-5-7-18-28-38(45-33-35-23-15-11-16-24-35)31-39(41)36(25-17-8-9-19-30-40(42)43)26-20-29-37(27-12-6-4-2)44-32-34-21-13-10-14-22-34/h10-11,13-16,21-24,36-39,41H,3-9,12,17-20,25-33H2,1-2H3,(H,42,43). The van der Waals surface area contributed by atoms with E-state index in [1.165, 1.54) is 49.7 Å². The highest BCUT2D eigenvalue weighted by Crippen LogP contribution is 2.28. The molecule has 2 aromatic rings. The van der Waals surface area contributed by atoms with Crippen molar-refractivity contribution in [3.63, 3.8) is 0 Å². The number of aliphatic hydroxyl groups excluding tert-OH is 1. The Morgan fingerprint density at radius 1 is 0.600 bits per heavy atom. The van der Waals surface area contributed by atoms with Gasteiger partial charge in [0.1, 0.15) is 0 Å². The summed E-state index contributed by atoms with van der Waals surface area (Å²) in [6.07, 6.45) is 19.0. The number of aliphatic carboxylic acids is 1. The van der Waals surface area contributed by atoms with E-state index in [-0.39, 0.29) is 24.5 Å². The largest absolute Gasteiger partial charge is 0.481 e. The van der Waals surface area contributed by atoms with Gasteiger partial charge in [0.15, 0.2) is 0 Å². The first-order valence-corrected chi connectivity index (χ1v) is 18.2. The maximum Gasteiger partial charge on any atom is 0.303 e. The quantitative estimate of drug-likeness (QED) is 0.0881. The lowest BCUT2D eigenvalue weighted by atomic mass is 9.86. The number of rotatable bonds is 29. The molecule has 254 valence electrons. The van der Waals surface area contributed by atoms with Crippen molar-refractivity contribution in [2.24, 2.45) is 5.92 Å². The number of ether oxygens (including phenoxy) is 2. The molecule has 0 fully saturated rings. The summed E-state index contributed by atoms with van der Waals surface area (Å²) in [6.45, 7) is 5.71. The summed E-state index contributed by atoms with van der Waals surface area (Å²) in [7, 11) is 0. The molecule has 4 atom stereocenters. The van der Waals surface area contributed by atoms with Crippen LogP contribution in [0.2, 0.25) is 0 Å².